The molecule has 0 saturated carbocycles. The molecule has 0 radical (unpaired) electrons. The highest BCUT2D eigenvalue weighted by molar-refractivity contribution is 5.95. The third-order valence-corrected chi connectivity index (χ3v) is 3.15. The average molecular weight is 269 g/mol. The molecule has 0 aliphatic carbocycles. The standard InChI is InChI=1S/C17H19NO2/c1-12-8-7-9-13(2)16(12)18-17(19)14(3)20-15-10-5-4-6-11-15/h4-11,14H,1-3H3,(H,18,19)/t14-/m1/s1. The molecule has 0 bridgehead atoms. The van der Waals surface area contributed by atoms with E-state index in [-0.39, 0.29) is 5.91 Å². The second-order valence-electron chi connectivity index (χ2n) is 4.83. The van der Waals surface area contributed by atoms with E-state index in [9.17, 15) is 4.79 Å². The largest absolute Gasteiger partial charge is 0.481 e. The molecule has 1 atom stereocenters. The van der Waals surface area contributed by atoms with Crippen molar-refractivity contribution in [3.63, 3.8) is 0 Å². The Labute approximate surface area is 119 Å². The average Bonchev–Trinajstić information content (AvgIpc) is 2.44. The monoisotopic (exact) mass is 269 g/mol. The van der Waals surface area contributed by atoms with Crippen molar-refractivity contribution in [3.05, 3.63) is 59.7 Å². The number of hydrogen-bond acceptors (Lipinski definition) is 2. The molecule has 0 heterocycles. The van der Waals surface area contributed by atoms with Gasteiger partial charge < -0.3 is 10.1 Å². The molecular formula is C17H19NO2. The van der Waals surface area contributed by atoms with Gasteiger partial charge in [-0.1, -0.05) is 36.4 Å². The Bertz CT molecular complexity index is 573. The lowest BCUT2D eigenvalue weighted by Crippen LogP contribution is -2.30. The molecule has 0 saturated heterocycles. The molecule has 0 aliphatic heterocycles. The van der Waals surface area contributed by atoms with Crippen LogP contribution in [0.1, 0.15) is 18.1 Å². The fourth-order valence-electron chi connectivity index (χ4n) is 1.99. The summed E-state index contributed by atoms with van der Waals surface area (Å²) in [5, 5.41) is 2.93. The van der Waals surface area contributed by atoms with Gasteiger partial charge in [-0.15, -0.1) is 0 Å². The van der Waals surface area contributed by atoms with Crippen molar-refractivity contribution in [3.8, 4) is 5.75 Å². The zero-order valence-electron chi connectivity index (χ0n) is 12.0. The van der Waals surface area contributed by atoms with E-state index in [1.165, 1.54) is 0 Å². The number of anilines is 1. The zero-order chi connectivity index (χ0) is 14.5. The number of amides is 1. The quantitative estimate of drug-likeness (QED) is 0.919. The van der Waals surface area contributed by atoms with Gasteiger partial charge in [0.1, 0.15) is 5.75 Å². The molecular weight excluding hydrogens is 250 g/mol. The molecule has 20 heavy (non-hydrogen) atoms. The van der Waals surface area contributed by atoms with Gasteiger partial charge in [0.05, 0.1) is 0 Å². The first-order valence-corrected chi connectivity index (χ1v) is 6.66. The van der Waals surface area contributed by atoms with Crippen molar-refractivity contribution in [1.82, 2.24) is 0 Å². The van der Waals surface area contributed by atoms with Crippen LogP contribution in [0.25, 0.3) is 0 Å². The summed E-state index contributed by atoms with van der Waals surface area (Å²) in [4.78, 5) is 12.2. The minimum Gasteiger partial charge on any atom is -0.481 e. The molecule has 1 amide bonds. The Morgan fingerprint density at radius 1 is 1.00 bits per heavy atom. The van der Waals surface area contributed by atoms with E-state index in [4.69, 9.17) is 4.74 Å². The van der Waals surface area contributed by atoms with E-state index in [1.807, 2.05) is 62.4 Å². The van der Waals surface area contributed by atoms with E-state index in [0.717, 1.165) is 16.8 Å². The van der Waals surface area contributed by atoms with E-state index >= 15 is 0 Å². The number of rotatable bonds is 4. The molecule has 3 nitrogen and oxygen atoms in total. The van der Waals surface area contributed by atoms with Crippen LogP contribution in [0.4, 0.5) is 5.69 Å². The first-order valence-electron chi connectivity index (χ1n) is 6.66. The van der Waals surface area contributed by atoms with Gasteiger partial charge in [0.2, 0.25) is 0 Å². The van der Waals surface area contributed by atoms with Crippen LogP contribution in [0, 0.1) is 13.8 Å². The number of hydrogen-bond donors (Lipinski definition) is 1. The Hall–Kier alpha value is -2.29. The Morgan fingerprint density at radius 2 is 1.60 bits per heavy atom. The summed E-state index contributed by atoms with van der Waals surface area (Å²) in [7, 11) is 0. The third kappa shape index (κ3) is 3.38. The maximum absolute atomic E-state index is 12.2. The molecule has 0 fully saturated rings. The first kappa shape index (κ1) is 14.1. The van der Waals surface area contributed by atoms with Crippen molar-refractivity contribution >= 4 is 11.6 Å². The van der Waals surface area contributed by atoms with Crippen LogP contribution < -0.4 is 10.1 Å². The van der Waals surface area contributed by atoms with E-state index < -0.39 is 6.10 Å². The summed E-state index contributed by atoms with van der Waals surface area (Å²) in [6.45, 7) is 5.70. The van der Waals surface area contributed by atoms with Gasteiger partial charge in [-0.2, -0.15) is 0 Å². The number of para-hydroxylation sites is 2. The second-order valence-corrected chi connectivity index (χ2v) is 4.83. The van der Waals surface area contributed by atoms with Crippen molar-refractivity contribution in [2.75, 3.05) is 5.32 Å². The van der Waals surface area contributed by atoms with Crippen LogP contribution in [-0.4, -0.2) is 12.0 Å². The number of nitrogens with one attached hydrogen (secondary N) is 1. The topological polar surface area (TPSA) is 38.3 Å². The van der Waals surface area contributed by atoms with Crippen molar-refractivity contribution < 1.29 is 9.53 Å². The molecule has 2 aromatic carbocycles. The molecule has 0 unspecified atom stereocenters. The van der Waals surface area contributed by atoms with Crippen LogP contribution in [-0.2, 0) is 4.79 Å². The van der Waals surface area contributed by atoms with Crippen molar-refractivity contribution in [1.29, 1.82) is 0 Å². The highest BCUT2D eigenvalue weighted by Crippen LogP contribution is 2.20. The lowest BCUT2D eigenvalue weighted by Gasteiger charge is -2.17. The number of benzene rings is 2. The van der Waals surface area contributed by atoms with Gasteiger partial charge in [-0.25, -0.2) is 0 Å². The maximum atomic E-state index is 12.2. The Kier molecular flexibility index (Phi) is 4.41. The van der Waals surface area contributed by atoms with Crippen molar-refractivity contribution in [2.24, 2.45) is 0 Å². The molecule has 3 heteroatoms. The SMILES string of the molecule is Cc1cccc(C)c1NC(=O)[C@@H](C)Oc1ccccc1. The van der Waals surface area contributed by atoms with Crippen LogP contribution in [0.5, 0.6) is 5.75 Å². The number of ether oxygens (including phenoxy) is 1. The summed E-state index contributed by atoms with van der Waals surface area (Å²) in [6.07, 6.45) is -0.545. The number of carbonyl (C=O) groups excluding carboxylic acids is 1. The van der Waals surface area contributed by atoms with E-state index in [1.54, 1.807) is 6.92 Å². The van der Waals surface area contributed by atoms with E-state index in [2.05, 4.69) is 5.32 Å². The molecule has 2 rings (SSSR count). The number of carbonyl (C=O) groups is 1. The number of aryl methyl sites for hydroxylation is 2. The molecule has 0 spiro atoms. The normalized spacial score (nSPS) is 11.8. The highest BCUT2D eigenvalue weighted by Gasteiger charge is 2.16. The lowest BCUT2D eigenvalue weighted by molar-refractivity contribution is -0.122. The second kappa shape index (κ2) is 6.24. The summed E-state index contributed by atoms with van der Waals surface area (Å²) in [5.74, 6) is 0.544. The molecule has 1 N–H and O–H groups in total. The van der Waals surface area contributed by atoms with Crippen LogP contribution in [0.2, 0.25) is 0 Å². The minimum atomic E-state index is -0.545. The van der Waals surface area contributed by atoms with Gasteiger partial charge in [-0.3, -0.25) is 4.79 Å². The van der Waals surface area contributed by atoms with Crippen LogP contribution in [0.15, 0.2) is 48.5 Å². The molecule has 0 aromatic heterocycles. The summed E-state index contributed by atoms with van der Waals surface area (Å²) in [5.41, 5.74) is 2.96. The van der Waals surface area contributed by atoms with Gasteiger partial charge in [0.15, 0.2) is 6.10 Å². The minimum absolute atomic E-state index is 0.147. The van der Waals surface area contributed by atoms with E-state index in [0.29, 0.717) is 5.75 Å². The summed E-state index contributed by atoms with van der Waals surface area (Å²) < 4.78 is 5.62. The van der Waals surface area contributed by atoms with Gasteiger partial charge in [0, 0.05) is 5.69 Å². The van der Waals surface area contributed by atoms with Crippen molar-refractivity contribution in [2.45, 2.75) is 26.9 Å². The maximum Gasteiger partial charge on any atom is 0.265 e. The van der Waals surface area contributed by atoms with Gasteiger partial charge in [0.25, 0.3) is 5.91 Å². The molecule has 0 aliphatic rings. The third-order valence-electron chi connectivity index (χ3n) is 3.15. The fraction of sp³-hybridized carbons (Fsp3) is 0.235. The summed E-state index contributed by atoms with van der Waals surface area (Å²) in [6, 6.07) is 15.3. The zero-order valence-corrected chi connectivity index (χ0v) is 12.0. The van der Waals surface area contributed by atoms with Crippen LogP contribution >= 0.6 is 0 Å². The van der Waals surface area contributed by atoms with Gasteiger partial charge >= 0.3 is 0 Å². The molecule has 104 valence electrons. The fourth-order valence-corrected chi connectivity index (χ4v) is 1.99. The predicted octanol–water partition coefficient (Wildman–Crippen LogP) is 3.71. The predicted molar refractivity (Wildman–Crippen MR) is 81.1 cm³/mol. The highest BCUT2D eigenvalue weighted by atomic mass is 16.5. The molecule has 2 aromatic rings. The van der Waals surface area contributed by atoms with Crippen LogP contribution in [0.3, 0.4) is 0 Å². The Balaban J connectivity index is 2.05. The summed E-state index contributed by atoms with van der Waals surface area (Å²) >= 11 is 0. The lowest BCUT2D eigenvalue weighted by atomic mass is 10.1. The Morgan fingerprint density at radius 3 is 2.20 bits per heavy atom. The first-order chi connectivity index (χ1) is 9.58. The van der Waals surface area contributed by atoms with Gasteiger partial charge in [-0.05, 0) is 44.0 Å². The smallest absolute Gasteiger partial charge is 0.265 e.